The highest BCUT2D eigenvalue weighted by Crippen LogP contribution is 2.49. The van der Waals surface area contributed by atoms with Crippen molar-refractivity contribution < 1.29 is 9.47 Å². The highest BCUT2D eigenvalue weighted by Gasteiger charge is 2.32. The molecule has 0 spiro atoms. The molecule has 6 heteroatoms. The summed E-state index contributed by atoms with van der Waals surface area (Å²) in [7, 11) is 5.02. The number of ether oxygens (including phenoxy) is 2. The first kappa shape index (κ1) is 13.9. The number of methoxy groups -OCH3 is 2. The number of hydrogen-bond acceptors (Lipinski definition) is 5. The van der Waals surface area contributed by atoms with Crippen LogP contribution in [0.3, 0.4) is 0 Å². The Morgan fingerprint density at radius 2 is 1.81 bits per heavy atom. The molecule has 21 heavy (non-hydrogen) atoms. The molecule has 1 aromatic heterocycles. The van der Waals surface area contributed by atoms with E-state index in [2.05, 4.69) is 22.2 Å². The number of aromatic nitrogens is 2. The van der Waals surface area contributed by atoms with Gasteiger partial charge >= 0.3 is 0 Å². The van der Waals surface area contributed by atoms with Gasteiger partial charge in [-0.05, 0) is 17.7 Å². The summed E-state index contributed by atoms with van der Waals surface area (Å²) in [5.41, 5.74) is 3.92. The second kappa shape index (κ2) is 5.07. The molecule has 5 nitrogen and oxygen atoms in total. The smallest absolute Gasteiger partial charge is 0.224 e. The molecule has 0 bridgehead atoms. The molecule has 1 N–H and O–H groups in total. The van der Waals surface area contributed by atoms with Gasteiger partial charge in [-0.1, -0.05) is 18.5 Å². The fourth-order valence-electron chi connectivity index (χ4n) is 2.76. The molecule has 1 atom stereocenters. The number of nitrogens with zero attached hydrogens (tertiary/aromatic N) is 2. The lowest BCUT2D eigenvalue weighted by Gasteiger charge is -2.11. The van der Waals surface area contributed by atoms with Crippen molar-refractivity contribution in [3.8, 4) is 22.8 Å². The third kappa shape index (κ3) is 2.00. The van der Waals surface area contributed by atoms with Gasteiger partial charge in [-0.25, -0.2) is 9.97 Å². The maximum atomic E-state index is 6.33. The lowest BCUT2D eigenvalue weighted by Crippen LogP contribution is -2.01. The minimum atomic E-state index is 0.119. The van der Waals surface area contributed by atoms with Crippen molar-refractivity contribution in [1.82, 2.24) is 9.97 Å². The Hall–Kier alpha value is -2.01. The van der Waals surface area contributed by atoms with Crippen molar-refractivity contribution in [2.24, 2.45) is 0 Å². The first-order valence-corrected chi connectivity index (χ1v) is 7.00. The molecule has 110 valence electrons. The molecule has 1 aliphatic carbocycles. The average Bonchev–Trinajstić information content (AvgIpc) is 2.78. The Morgan fingerprint density at radius 3 is 2.43 bits per heavy atom. The van der Waals surface area contributed by atoms with Gasteiger partial charge in [-0.2, -0.15) is 0 Å². The summed E-state index contributed by atoms with van der Waals surface area (Å²) in [4.78, 5) is 8.81. The summed E-state index contributed by atoms with van der Waals surface area (Å²) < 4.78 is 10.8. The van der Waals surface area contributed by atoms with Gasteiger partial charge in [0.05, 0.1) is 19.9 Å². The molecule has 0 radical (unpaired) electrons. The predicted molar refractivity (Wildman–Crippen MR) is 82.6 cm³/mol. The van der Waals surface area contributed by atoms with E-state index < -0.39 is 0 Å². The SMILES string of the molecule is CNc1nc(Cl)c2c(n1)-c1cc(OC)c(OC)cc1C2C. The molecule has 1 unspecified atom stereocenters. The molecule has 0 saturated heterocycles. The maximum Gasteiger partial charge on any atom is 0.224 e. The Kier molecular flexibility index (Phi) is 3.37. The topological polar surface area (TPSA) is 56.3 Å². The molecule has 0 saturated carbocycles. The molecule has 1 aliphatic rings. The van der Waals surface area contributed by atoms with Crippen LogP contribution < -0.4 is 14.8 Å². The quantitative estimate of drug-likeness (QED) is 0.882. The summed E-state index contributed by atoms with van der Waals surface area (Å²) in [5, 5.41) is 3.41. The van der Waals surface area contributed by atoms with Crippen LogP contribution >= 0.6 is 11.6 Å². The lowest BCUT2D eigenvalue weighted by atomic mass is 10.00. The van der Waals surface area contributed by atoms with Gasteiger partial charge < -0.3 is 14.8 Å². The number of rotatable bonds is 3. The zero-order valence-corrected chi connectivity index (χ0v) is 13.1. The predicted octanol–water partition coefficient (Wildman–Crippen LogP) is 3.32. The molecule has 3 rings (SSSR count). The first-order chi connectivity index (χ1) is 10.1. The van der Waals surface area contributed by atoms with Gasteiger partial charge in [0.15, 0.2) is 11.5 Å². The van der Waals surface area contributed by atoms with Gasteiger partial charge in [0.1, 0.15) is 5.15 Å². The normalized spacial score (nSPS) is 15.4. The first-order valence-electron chi connectivity index (χ1n) is 6.62. The third-order valence-electron chi connectivity index (χ3n) is 3.83. The van der Waals surface area contributed by atoms with Crippen LogP contribution in [0.2, 0.25) is 5.15 Å². The van der Waals surface area contributed by atoms with Crippen molar-refractivity contribution >= 4 is 17.5 Å². The van der Waals surface area contributed by atoms with E-state index in [1.165, 1.54) is 0 Å². The van der Waals surface area contributed by atoms with Crippen LogP contribution in [0.1, 0.15) is 24.0 Å². The second-order valence-corrected chi connectivity index (χ2v) is 5.22. The Bertz CT molecular complexity index is 719. The fourth-order valence-corrected chi connectivity index (χ4v) is 3.09. The lowest BCUT2D eigenvalue weighted by molar-refractivity contribution is 0.354. The van der Waals surface area contributed by atoms with Crippen molar-refractivity contribution in [3.05, 3.63) is 28.4 Å². The largest absolute Gasteiger partial charge is 0.493 e. The number of hydrogen-bond donors (Lipinski definition) is 1. The summed E-state index contributed by atoms with van der Waals surface area (Å²) in [6.45, 7) is 2.09. The van der Waals surface area contributed by atoms with E-state index in [0.717, 1.165) is 22.4 Å². The van der Waals surface area contributed by atoms with Crippen molar-refractivity contribution in [3.63, 3.8) is 0 Å². The van der Waals surface area contributed by atoms with Gasteiger partial charge in [-0.3, -0.25) is 0 Å². The van der Waals surface area contributed by atoms with E-state index in [9.17, 15) is 0 Å². The van der Waals surface area contributed by atoms with Gasteiger partial charge in [0, 0.05) is 24.1 Å². The molecule has 0 amide bonds. The summed E-state index contributed by atoms with van der Waals surface area (Å²) in [5.74, 6) is 2.01. The summed E-state index contributed by atoms with van der Waals surface area (Å²) in [6, 6.07) is 3.93. The van der Waals surface area contributed by atoms with E-state index in [0.29, 0.717) is 22.6 Å². The van der Waals surface area contributed by atoms with Gasteiger partial charge in [0.25, 0.3) is 0 Å². The fraction of sp³-hybridized carbons (Fsp3) is 0.333. The molecule has 0 aliphatic heterocycles. The van der Waals surface area contributed by atoms with E-state index in [-0.39, 0.29) is 5.92 Å². The molecule has 2 aromatic rings. The van der Waals surface area contributed by atoms with Crippen LogP contribution in [0.15, 0.2) is 12.1 Å². The number of nitrogens with one attached hydrogen (secondary N) is 1. The zero-order valence-electron chi connectivity index (χ0n) is 12.3. The summed E-state index contributed by atoms with van der Waals surface area (Å²) in [6.07, 6.45) is 0. The standard InChI is InChI=1S/C15H16ClN3O2/c1-7-8-5-10(20-3)11(21-4)6-9(8)13-12(7)14(16)19-15(17-2)18-13/h5-7H,1-4H3,(H,17,18,19). The average molecular weight is 306 g/mol. The van der Waals surface area contributed by atoms with E-state index in [4.69, 9.17) is 21.1 Å². The second-order valence-electron chi connectivity index (χ2n) is 4.87. The Balaban J connectivity index is 2.28. The van der Waals surface area contributed by atoms with E-state index in [1.807, 2.05) is 12.1 Å². The highest BCUT2D eigenvalue weighted by atomic mass is 35.5. The molecule has 1 heterocycles. The maximum absolute atomic E-state index is 6.33. The summed E-state index contributed by atoms with van der Waals surface area (Å²) >= 11 is 6.33. The van der Waals surface area contributed by atoms with Crippen LogP contribution in [0, 0.1) is 0 Å². The molecular formula is C15H16ClN3O2. The number of anilines is 1. The van der Waals surface area contributed by atoms with Crippen molar-refractivity contribution in [2.45, 2.75) is 12.8 Å². The molecule has 1 aromatic carbocycles. The van der Waals surface area contributed by atoms with Crippen LogP contribution in [0.4, 0.5) is 5.95 Å². The highest BCUT2D eigenvalue weighted by molar-refractivity contribution is 6.31. The number of fused-ring (bicyclic) bond motifs is 3. The van der Waals surface area contributed by atoms with E-state index in [1.54, 1.807) is 21.3 Å². The van der Waals surface area contributed by atoms with Gasteiger partial charge in [-0.15, -0.1) is 0 Å². The van der Waals surface area contributed by atoms with Crippen molar-refractivity contribution in [2.75, 3.05) is 26.6 Å². The van der Waals surface area contributed by atoms with Crippen LogP contribution in [0.5, 0.6) is 11.5 Å². The van der Waals surface area contributed by atoms with Crippen LogP contribution in [0.25, 0.3) is 11.3 Å². The van der Waals surface area contributed by atoms with E-state index >= 15 is 0 Å². The third-order valence-corrected chi connectivity index (χ3v) is 4.12. The number of halogens is 1. The minimum Gasteiger partial charge on any atom is -0.493 e. The monoisotopic (exact) mass is 305 g/mol. The van der Waals surface area contributed by atoms with Crippen LogP contribution in [-0.4, -0.2) is 31.2 Å². The molecular weight excluding hydrogens is 290 g/mol. The Labute approximate surface area is 128 Å². The molecule has 0 fully saturated rings. The minimum absolute atomic E-state index is 0.119. The van der Waals surface area contributed by atoms with Gasteiger partial charge in [0.2, 0.25) is 5.95 Å². The number of benzene rings is 1. The zero-order chi connectivity index (χ0) is 15.1. The Morgan fingerprint density at radius 1 is 1.14 bits per heavy atom. The van der Waals surface area contributed by atoms with Crippen molar-refractivity contribution in [1.29, 1.82) is 0 Å². The van der Waals surface area contributed by atoms with Crippen LogP contribution in [-0.2, 0) is 0 Å².